The van der Waals surface area contributed by atoms with Gasteiger partial charge in [-0.05, 0) is 233 Å². The van der Waals surface area contributed by atoms with E-state index in [1.165, 1.54) is 11.1 Å². The molecule has 0 radical (unpaired) electrons. The number of benzene rings is 8. The molecule has 0 bridgehead atoms. The van der Waals surface area contributed by atoms with Crippen LogP contribution >= 0.6 is 46.4 Å². The summed E-state index contributed by atoms with van der Waals surface area (Å²) >= 11 is 24.4. The highest BCUT2D eigenvalue weighted by Crippen LogP contribution is 2.46. The number of carbonyl (C=O) groups is 8. The average molecular weight is 1960 g/mol. The van der Waals surface area contributed by atoms with Crippen molar-refractivity contribution in [2.45, 2.75) is 204 Å². The molecule has 0 aromatic heterocycles. The maximum atomic E-state index is 13.6. The van der Waals surface area contributed by atoms with Crippen molar-refractivity contribution < 1.29 is 95.2 Å². The highest BCUT2D eigenvalue weighted by atomic mass is 35.5. The lowest BCUT2D eigenvalue weighted by Gasteiger charge is -2.36. The number of fused-ring (bicyclic) bond motifs is 2. The van der Waals surface area contributed by atoms with Crippen LogP contribution in [0, 0.1) is 0 Å². The number of halogens is 4. The van der Waals surface area contributed by atoms with Crippen LogP contribution in [0.4, 0.5) is 0 Å². The summed E-state index contributed by atoms with van der Waals surface area (Å²) in [6, 6.07) is 60.3. The summed E-state index contributed by atoms with van der Waals surface area (Å²) in [6.45, 7) is 14.2. The quantitative estimate of drug-likeness (QED) is 0.0230. The van der Waals surface area contributed by atoms with Crippen LogP contribution in [0.3, 0.4) is 0 Å². The number of methoxy groups -OCH3 is 2. The van der Waals surface area contributed by atoms with Crippen molar-refractivity contribution in [3.05, 3.63) is 315 Å². The molecule has 8 aliphatic heterocycles. The van der Waals surface area contributed by atoms with Crippen molar-refractivity contribution in [3.63, 3.8) is 0 Å². The van der Waals surface area contributed by atoms with Crippen molar-refractivity contribution in [2.75, 3.05) is 93.3 Å². The summed E-state index contributed by atoms with van der Waals surface area (Å²) in [6.07, 6.45) is 11.3. The molecule has 8 aromatic rings. The molecule has 728 valence electrons. The van der Waals surface area contributed by atoms with Crippen LogP contribution < -0.4 is 9.47 Å². The van der Waals surface area contributed by atoms with Gasteiger partial charge in [-0.2, -0.15) is 0 Å². The van der Waals surface area contributed by atoms with Gasteiger partial charge in [0.25, 0.3) is 0 Å². The van der Waals surface area contributed by atoms with Gasteiger partial charge in [-0.25, -0.2) is 19.2 Å². The van der Waals surface area contributed by atoms with E-state index in [0.29, 0.717) is 131 Å². The molecule has 10 atom stereocenters. The van der Waals surface area contributed by atoms with Crippen LogP contribution in [0.25, 0.3) is 0 Å². The molecule has 24 nitrogen and oxygen atoms in total. The van der Waals surface area contributed by atoms with Crippen LogP contribution in [0.1, 0.15) is 209 Å². The number of amides is 4. The average Bonchev–Trinajstić information content (AvgIpc) is 1.31. The highest BCUT2D eigenvalue weighted by Gasteiger charge is 2.45. The second kappa shape index (κ2) is 48.7. The SMILES string of the molecule is CC1=C(C(=O)OC2CCc3ccccc32)[C@@H](c2ccc(Cl)cc2)CC(=O)N1C[C@@H]1CCCO1.CC1=C(C(=O)OC2CCc3ccccc32)[C@H](c2ccc(Cl)cc2)CC(=O)N1C[C@H]1CCCO1.COCCOc1ccc(COC(=O)C2=C(C)N(C[C@@H]3CCCO3)C(=O)C[C@@H]2c2ccc(Cl)cc2)cc1.COCCOc1ccc(COC(=O)C2=C(C)N(C[C@H]3CCCO3)C(=O)C[C@H]2c2ccc(Cl)cc2)cc1. The van der Waals surface area contributed by atoms with E-state index < -0.39 is 23.8 Å². The number of aryl methyl sites for hydroxylation is 2. The Hall–Kier alpha value is -11.0. The molecular weight excluding hydrogens is 1840 g/mol. The van der Waals surface area contributed by atoms with Crippen molar-refractivity contribution >= 4 is 93.9 Å². The Labute approximate surface area is 827 Å². The van der Waals surface area contributed by atoms with Crippen molar-refractivity contribution in [3.8, 4) is 11.5 Å². The van der Waals surface area contributed by atoms with Gasteiger partial charge in [0.15, 0.2) is 0 Å². The van der Waals surface area contributed by atoms with Gasteiger partial charge in [-0.15, -0.1) is 0 Å². The second-order valence-electron chi connectivity index (χ2n) is 36.2. The van der Waals surface area contributed by atoms with Gasteiger partial charge in [-0.1, -0.05) is 168 Å². The van der Waals surface area contributed by atoms with Gasteiger partial charge >= 0.3 is 23.9 Å². The summed E-state index contributed by atoms with van der Waals surface area (Å²) in [5.74, 6) is -1.69. The lowest BCUT2D eigenvalue weighted by atomic mass is 9.83. The molecule has 8 aromatic carbocycles. The minimum absolute atomic E-state index is 0.00529. The van der Waals surface area contributed by atoms with E-state index in [9.17, 15) is 38.4 Å². The van der Waals surface area contributed by atoms with Crippen LogP contribution in [0.2, 0.25) is 20.1 Å². The van der Waals surface area contributed by atoms with Gasteiger partial charge in [0, 0.05) is 133 Å². The molecule has 4 amide bonds. The zero-order valence-electron chi connectivity index (χ0n) is 78.9. The van der Waals surface area contributed by atoms with E-state index in [4.69, 9.17) is 103 Å². The Kier molecular flexibility index (Phi) is 35.8. The smallest absolute Gasteiger partial charge is 0.337 e. The highest BCUT2D eigenvalue weighted by molar-refractivity contribution is 6.31. The normalized spacial score (nSPS) is 22.4. The van der Waals surface area contributed by atoms with Crippen molar-refractivity contribution in [1.82, 2.24) is 19.6 Å². The fraction of sp³-hybridized carbons (Fsp3) is 0.418. The van der Waals surface area contributed by atoms with E-state index in [1.54, 1.807) is 82.4 Å². The standard InChI is InChI=1S/2C28H32ClNO6.2C27H28ClNO4/c2*1-19-27(28(32)36-18-20-5-11-23(12-6-20)35-15-14-33-2)25(21-7-9-22(29)10-8-21)16-26(31)30(19)17-24-4-3-13-34-24;2*1-17-26(27(31)33-24-13-10-18-5-2-3-7-22(18)24)23(19-8-11-20(28)12-9-19)15-25(30)29(17)16-21-6-4-14-32-21/h2*5-12,24-25H,3-4,13-18H2,1-2H3;2*2-3,5,7-9,11-12,21,23-24H,4,6,10,13-16H2,1H3/t2*24-,25+;2*21-,23+,24?/m1010/s1. The predicted octanol–water partition coefficient (Wildman–Crippen LogP) is 20.4. The lowest BCUT2D eigenvalue weighted by Crippen LogP contribution is -2.42. The van der Waals surface area contributed by atoms with E-state index >= 15 is 0 Å². The Bertz CT molecular complexity index is 5380. The van der Waals surface area contributed by atoms with Crippen LogP contribution in [-0.4, -0.2) is 185 Å². The number of carbonyl (C=O) groups excluding carboxylic acids is 8. The van der Waals surface area contributed by atoms with Gasteiger partial charge in [0.1, 0.15) is 50.1 Å². The zero-order valence-corrected chi connectivity index (χ0v) is 82.0. The summed E-state index contributed by atoms with van der Waals surface area (Å²) in [5, 5.41) is 2.43. The third-order valence-corrected chi connectivity index (χ3v) is 28.3. The molecule has 0 spiro atoms. The number of rotatable bonds is 30. The predicted molar refractivity (Wildman–Crippen MR) is 523 cm³/mol. The molecule has 4 fully saturated rings. The first-order valence-electron chi connectivity index (χ1n) is 47.8. The number of allylic oxidation sites excluding steroid dienone is 4. The van der Waals surface area contributed by atoms with E-state index in [0.717, 1.165) is 146 Å². The number of esters is 4. The Morgan fingerprint density at radius 3 is 0.862 bits per heavy atom. The number of nitrogens with zero attached hydrogens (tertiary/aromatic N) is 4. The molecule has 28 heteroatoms. The van der Waals surface area contributed by atoms with E-state index in [2.05, 4.69) is 12.1 Å². The number of hydrogen-bond donors (Lipinski definition) is 0. The molecule has 10 aliphatic rings. The van der Waals surface area contributed by atoms with Crippen LogP contribution in [0.5, 0.6) is 11.5 Å². The Balaban J connectivity index is 0.000000140. The molecular formula is C110H120Cl4N4O20. The van der Waals surface area contributed by atoms with Crippen LogP contribution in [0.15, 0.2) is 239 Å². The van der Waals surface area contributed by atoms with Crippen molar-refractivity contribution in [1.29, 1.82) is 0 Å². The molecule has 0 saturated carbocycles. The first-order valence-corrected chi connectivity index (χ1v) is 49.3. The van der Waals surface area contributed by atoms with E-state index in [1.807, 2.05) is 161 Å². The van der Waals surface area contributed by atoms with E-state index in [-0.39, 0.29) is 123 Å². The zero-order chi connectivity index (χ0) is 96.9. The van der Waals surface area contributed by atoms with Crippen LogP contribution in [-0.2, 0) is 112 Å². The third-order valence-electron chi connectivity index (χ3n) is 27.3. The minimum atomic E-state index is -0.433. The molecule has 4 saturated heterocycles. The lowest BCUT2D eigenvalue weighted by molar-refractivity contribution is -0.147. The summed E-state index contributed by atoms with van der Waals surface area (Å²) in [7, 11) is 3.25. The first kappa shape index (κ1) is 101. The topological polar surface area (TPSA) is 260 Å². The third kappa shape index (κ3) is 25.8. The molecule has 2 aliphatic carbocycles. The fourth-order valence-electron chi connectivity index (χ4n) is 19.9. The molecule has 2 unspecified atom stereocenters. The van der Waals surface area contributed by atoms with Gasteiger partial charge in [0.05, 0.1) is 86.1 Å². The monoisotopic (exact) mass is 1960 g/mol. The maximum Gasteiger partial charge on any atom is 0.337 e. The Morgan fingerprint density at radius 2 is 0.601 bits per heavy atom. The molecule has 18 rings (SSSR count). The Morgan fingerprint density at radius 1 is 0.333 bits per heavy atom. The number of hydrogen-bond acceptors (Lipinski definition) is 20. The van der Waals surface area contributed by atoms with Gasteiger partial charge in [0.2, 0.25) is 23.6 Å². The number of ether oxygens (including phenoxy) is 12. The summed E-state index contributed by atoms with van der Waals surface area (Å²) < 4.78 is 67.9. The molecule has 8 heterocycles. The van der Waals surface area contributed by atoms with Crippen molar-refractivity contribution in [2.24, 2.45) is 0 Å². The summed E-state index contributed by atoms with van der Waals surface area (Å²) in [4.78, 5) is 114. The van der Waals surface area contributed by atoms with Gasteiger partial charge < -0.3 is 76.4 Å². The maximum absolute atomic E-state index is 13.6. The molecule has 138 heavy (non-hydrogen) atoms. The minimum Gasteiger partial charge on any atom is -0.491 e. The second-order valence-corrected chi connectivity index (χ2v) is 37.9. The molecule has 0 N–H and O–H groups in total. The fourth-order valence-corrected chi connectivity index (χ4v) is 20.4. The summed E-state index contributed by atoms with van der Waals surface area (Å²) in [5.41, 5.74) is 14.5. The van der Waals surface area contributed by atoms with Gasteiger partial charge in [-0.3, -0.25) is 19.2 Å². The first-order chi connectivity index (χ1) is 66.9. The largest absolute Gasteiger partial charge is 0.491 e.